The lowest BCUT2D eigenvalue weighted by molar-refractivity contribution is -0.131. The van der Waals surface area contributed by atoms with Gasteiger partial charge in [0.15, 0.2) is 0 Å². The molecule has 1 aliphatic rings. The lowest BCUT2D eigenvalue weighted by Gasteiger charge is -2.27. The number of carbonyl (C=O) groups is 1. The van der Waals surface area contributed by atoms with Crippen molar-refractivity contribution in [2.45, 2.75) is 39.1 Å². The highest BCUT2D eigenvalue weighted by atomic mass is 19.1. The van der Waals surface area contributed by atoms with E-state index < -0.39 is 0 Å². The number of benzene rings is 1. The Morgan fingerprint density at radius 1 is 1.40 bits per heavy atom. The topological polar surface area (TPSA) is 41.6 Å². The van der Waals surface area contributed by atoms with Crippen LogP contribution in [0.25, 0.3) is 0 Å². The average molecular weight is 280 g/mol. The van der Waals surface area contributed by atoms with Crippen molar-refractivity contribution in [2.24, 2.45) is 0 Å². The smallest absolute Gasteiger partial charge is 0.241 e. The Hall–Kier alpha value is -1.46. The predicted molar refractivity (Wildman–Crippen MR) is 74.5 cm³/mol. The second kappa shape index (κ2) is 6.33. The molecule has 1 saturated heterocycles. The Labute approximate surface area is 118 Å². The number of hydrogen-bond acceptors (Lipinski definition) is 3. The number of halogens is 1. The second-order valence-corrected chi connectivity index (χ2v) is 5.10. The molecule has 1 fully saturated rings. The fourth-order valence-electron chi connectivity index (χ4n) is 2.50. The average Bonchev–Trinajstić information content (AvgIpc) is 2.68. The van der Waals surface area contributed by atoms with Gasteiger partial charge in [-0.25, -0.2) is 4.39 Å². The molecule has 0 saturated carbocycles. The molecule has 4 nitrogen and oxygen atoms in total. The van der Waals surface area contributed by atoms with E-state index in [1.165, 1.54) is 12.1 Å². The van der Waals surface area contributed by atoms with Crippen LogP contribution in [-0.4, -0.2) is 36.1 Å². The standard InChI is InChI=1S/C15H21FN2O2/c1-4-20-10(2)9-18-14(17-11(3)15(18)19)12-5-7-13(16)8-6-12/h5-8,10-11,14,17H,4,9H2,1-3H3. The van der Waals surface area contributed by atoms with Crippen molar-refractivity contribution in [1.82, 2.24) is 10.2 Å². The van der Waals surface area contributed by atoms with Crippen molar-refractivity contribution < 1.29 is 13.9 Å². The van der Waals surface area contributed by atoms with Crippen molar-refractivity contribution in [1.29, 1.82) is 0 Å². The Morgan fingerprint density at radius 3 is 2.65 bits per heavy atom. The zero-order valence-corrected chi connectivity index (χ0v) is 12.1. The Balaban J connectivity index is 2.17. The van der Waals surface area contributed by atoms with E-state index in [-0.39, 0.29) is 30.0 Å². The third-order valence-electron chi connectivity index (χ3n) is 3.46. The van der Waals surface area contributed by atoms with E-state index in [2.05, 4.69) is 5.32 Å². The minimum atomic E-state index is -0.277. The summed E-state index contributed by atoms with van der Waals surface area (Å²) in [7, 11) is 0. The van der Waals surface area contributed by atoms with Gasteiger partial charge in [0.25, 0.3) is 0 Å². The molecule has 0 bridgehead atoms. The van der Waals surface area contributed by atoms with Gasteiger partial charge in [-0.15, -0.1) is 0 Å². The molecule has 110 valence electrons. The molecule has 0 spiro atoms. The maximum Gasteiger partial charge on any atom is 0.241 e. The van der Waals surface area contributed by atoms with E-state index in [4.69, 9.17) is 4.74 Å². The zero-order valence-electron chi connectivity index (χ0n) is 12.1. The van der Waals surface area contributed by atoms with E-state index in [1.54, 1.807) is 17.0 Å². The SMILES string of the molecule is CCOC(C)CN1C(=O)C(C)NC1c1ccc(F)cc1. The highest BCUT2D eigenvalue weighted by Gasteiger charge is 2.37. The van der Waals surface area contributed by atoms with Crippen LogP contribution in [0.3, 0.4) is 0 Å². The van der Waals surface area contributed by atoms with Gasteiger partial charge >= 0.3 is 0 Å². The molecule has 3 unspecified atom stereocenters. The predicted octanol–water partition coefficient (Wildman–Crippen LogP) is 2.07. The van der Waals surface area contributed by atoms with Crippen LogP contribution in [0.2, 0.25) is 0 Å². The van der Waals surface area contributed by atoms with Crippen LogP contribution < -0.4 is 5.32 Å². The summed E-state index contributed by atoms with van der Waals surface area (Å²) in [5.41, 5.74) is 0.882. The summed E-state index contributed by atoms with van der Waals surface area (Å²) < 4.78 is 18.5. The van der Waals surface area contributed by atoms with E-state index >= 15 is 0 Å². The monoisotopic (exact) mass is 280 g/mol. The highest BCUT2D eigenvalue weighted by Crippen LogP contribution is 2.25. The van der Waals surface area contributed by atoms with Crippen LogP contribution in [0.1, 0.15) is 32.5 Å². The highest BCUT2D eigenvalue weighted by molar-refractivity contribution is 5.84. The lowest BCUT2D eigenvalue weighted by Crippen LogP contribution is -2.37. The lowest BCUT2D eigenvalue weighted by atomic mass is 10.1. The quantitative estimate of drug-likeness (QED) is 0.897. The van der Waals surface area contributed by atoms with E-state index in [0.717, 1.165) is 5.56 Å². The van der Waals surface area contributed by atoms with Gasteiger partial charge in [0.2, 0.25) is 5.91 Å². The summed E-state index contributed by atoms with van der Waals surface area (Å²) in [6.45, 7) is 6.85. The summed E-state index contributed by atoms with van der Waals surface area (Å²) in [4.78, 5) is 14.0. The number of nitrogens with one attached hydrogen (secondary N) is 1. The van der Waals surface area contributed by atoms with Crippen molar-refractivity contribution in [3.8, 4) is 0 Å². The third kappa shape index (κ3) is 3.16. The number of ether oxygens (including phenoxy) is 1. The first-order valence-electron chi connectivity index (χ1n) is 6.96. The summed E-state index contributed by atoms with van der Waals surface area (Å²) in [5, 5.41) is 3.24. The second-order valence-electron chi connectivity index (χ2n) is 5.10. The molecule has 1 N–H and O–H groups in total. The van der Waals surface area contributed by atoms with Gasteiger partial charge in [0.1, 0.15) is 12.0 Å². The molecule has 2 rings (SSSR count). The van der Waals surface area contributed by atoms with Crippen molar-refractivity contribution >= 4 is 5.91 Å². The minimum absolute atomic E-state index is 0.0287. The van der Waals surface area contributed by atoms with Gasteiger partial charge in [0.05, 0.1) is 12.1 Å². The fourth-order valence-corrected chi connectivity index (χ4v) is 2.50. The number of amides is 1. The number of hydrogen-bond donors (Lipinski definition) is 1. The molecule has 0 aromatic heterocycles. The van der Waals surface area contributed by atoms with Crippen LogP contribution in [-0.2, 0) is 9.53 Å². The van der Waals surface area contributed by atoms with Crippen molar-refractivity contribution in [2.75, 3.05) is 13.2 Å². The summed E-state index contributed by atoms with van der Waals surface area (Å²) in [6, 6.07) is 6.00. The van der Waals surface area contributed by atoms with Crippen LogP contribution in [0, 0.1) is 5.82 Å². The molecule has 0 radical (unpaired) electrons. The van der Waals surface area contributed by atoms with Gasteiger partial charge in [-0.3, -0.25) is 10.1 Å². The Bertz CT molecular complexity index is 463. The van der Waals surface area contributed by atoms with Crippen LogP contribution >= 0.6 is 0 Å². The number of carbonyl (C=O) groups excluding carboxylic acids is 1. The van der Waals surface area contributed by atoms with E-state index in [1.807, 2.05) is 20.8 Å². The molecule has 1 aromatic rings. The first-order valence-corrected chi connectivity index (χ1v) is 6.96. The van der Waals surface area contributed by atoms with Crippen LogP contribution in [0.15, 0.2) is 24.3 Å². The first-order chi connectivity index (χ1) is 9.52. The molecule has 1 aromatic carbocycles. The van der Waals surface area contributed by atoms with E-state index in [0.29, 0.717) is 13.2 Å². The molecule has 20 heavy (non-hydrogen) atoms. The summed E-state index contributed by atoms with van der Waals surface area (Å²) in [6.07, 6.45) is -0.250. The largest absolute Gasteiger partial charge is 0.377 e. The number of nitrogens with zero attached hydrogens (tertiary/aromatic N) is 1. The number of rotatable bonds is 5. The third-order valence-corrected chi connectivity index (χ3v) is 3.46. The molecule has 1 heterocycles. The Kier molecular flexibility index (Phi) is 4.73. The molecule has 1 amide bonds. The first kappa shape index (κ1) is 14.9. The molecule has 0 aliphatic carbocycles. The van der Waals surface area contributed by atoms with E-state index in [9.17, 15) is 9.18 Å². The maximum absolute atomic E-state index is 13.0. The van der Waals surface area contributed by atoms with Gasteiger partial charge in [-0.2, -0.15) is 0 Å². The molecule has 3 atom stereocenters. The fraction of sp³-hybridized carbons (Fsp3) is 0.533. The summed E-state index contributed by atoms with van der Waals surface area (Å²) in [5.74, 6) is -0.230. The molecular formula is C15H21FN2O2. The van der Waals surface area contributed by atoms with Crippen LogP contribution in [0.4, 0.5) is 4.39 Å². The van der Waals surface area contributed by atoms with Gasteiger partial charge in [-0.05, 0) is 38.5 Å². The van der Waals surface area contributed by atoms with Gasteiger partial charge < -0.3 is 9.64 Å². The summed E-state index contributed by atoms with van der Waals surface area (Å²) >= 11 is 0. The van der Waals surface area contributed by atoms with Crippen molar-refractivity contribution in [3.05, 3.63) is 35.6 Å². The maximum atomic E-state index is 13.0. The molecule has 1 aliphatic heterocycles. The molecule has 5 heteroatoms. The van der Waals surface area contributed by atoms with Gasteiger partial charge in [0, 0.05) is 13.2 Å². The zero-order chi connectivity index (χ0) is 14.7. The Morgan fingerprint density at radius 2 is 2.05 bits per heavy atom. The van der Waals surface area contributed by atoms with Crippen LogP contribution in [0.5, 0.6) is 0 Å². The van der Waals surface area contributed by atoms with Crippen molar-refractivity contribution in [3.63, 3.8) is 0 Å². The minimum Gasteiger partial charge on any atom is -0.377 e. The van der Waals surface area contributed by atoms with Gasteiger partial charge in [-0.1, -0.05) is 12.1 Å². The molecular weight excluding hydrogens is 259 g/mol. The normalized spacial score (nSPS) is 24.2.